The number of benzene rings is 2. The number of hydrogen-bond acceptors (Lipinski definition) is 8. The van der Waals surface area contributed by atoms with E-state index < -0.39 is 0 Å². The van der Waals surface area contributed by atoms with Crippen LogP contribution in [-0.2, 0) is 4.79 Å². The summed E-state index contributed by atoms with van der Waals surface area (Å²) in [7, 11) is 4.57. The summed E-state index contributed by atoms with van der Waals surface area (Å²) >= 11 is 7.20. The number of ether oxygens (including phenoxy) is 3. The lowest BCUT2D eigenvalue weighted by molar-refractivity contribution is -0.113. The Morgan fingerprint density at radius 3 is 2.40 bits per heavy atom. The van der Waals surface area contributed by atoms with Gasteiger partial charge in [0.1, 0.15) is 0 Å². The highest BCUT2D eigenvalue weighted by Gasteiger charge is 2.18. The van der Waals surface area contributed by atoms with Gasteiger partial charge in [0.05, 0.1) is 27.1 Å². The first-order valence-corrected chi connectivity index (χ1v) is 10.1. The number of nitrogens with one attached hydrogen (secondary N) is 1. The average Bonchev–Trinajstić information content (AvgIpc) is 3.23. The summed E-state index contributed by atoms with van der Waals surface area (Å²) in [6, 6.07) is 8.74. The second-order valence-electron chi connectivity index (χ2n) is 6.09. The zero-order valence-electron chi connectivity index (χ0n) is 16.8. The molecule has 0 unspecified atom stereocenters. The van der Waals surface area contributed by atoms with Crippen molar-refractivity contribution in [2.75, 3.05) is 32.4 Å². The quantitative estimate of drug-likeness (QED) is 0.504. The van der Waals surface area contributed by atoms with Crippen LogP contribution in [0.15, 0.2) is 40.0 Å². The number of rotatable bonds is 8. The van der Waals surface area contributed by atoms with Crippen LogP contribution < -0.4 is 19.5 Å². The molecule has 30 heavy (non-hydrogen) atoms. The van der Waals surface area contributed by atoms with E-state index in [0.29, 0.717) is 33.5 Å². The minimum Gasteiger partial charge on any atom is -0.493 e. The molecular formula is C20H20ClN3O5S. The van der Waals surface area contributed by atoms with Crippen molar-refractivity contribution in [2.24, 2.45) is 0 Å². The summed E-state index contributed by atoms with van der Waals surface area (Å²) in [5.41, 5.74) is 2.16. The molecule has 158 valence electrons. The van der Waals surface area contributed by atoms with Crippen molar-refractivity contribution in [3.63, 3.8) is 0 Å². The molecule has 1 heterocycles. The molecule has 1 aromatic heterocycles. The van der Waals surface area contributed by atoms with Gasteiger partial charge in [0.15, 0.2) is 11.5 Å². The van der Waals surface area contributed by atoms with E-state index in [2.05, 4.69) is 15.5 Å². The maximum atomic E-state index is 12.2. The highest BCUT2D eigenvalue weighted by molar-refractivity contribution is 7.99. The molecule has 3 rings (SSSR count). The number of thioether (sulfide) groups is 1. The Kier molecular flexibility index (Phi) is 7.07. The Balaban J connectivity index is 1.68. The minimum atomic E-state index is -0.215. The van der Waals surface area contributed by atoms with Crippen molar-refractivity contribution in [2.45, 2.75) is 12.1 Å². The Morgan fingerprint density at radius 1 is 1.10 bits per heavy atom. The molecule has 2 aromatic carbocycles. The normalized spacial score (nSPS) is 10.6. The van der Waals surface area contributed by atoms with Gasteiger partial charge in [0.2, 0.25) is 17.5 Å². The standard InChI is InChI=1S/C20H20ClN3O5S/c1-11-5-6-13(9-14(11)21)22-17(25)10-30-20-24-23-19(29-20)12-7-15(26-2)18(28-4)16(8-12)27-3/h5-9H,10H2,1-4H3,(H,22,25). The lowest BCUT2D eigenvalue weighted by Gasteiger charge is -2.12. The first-order chi connectivity index (χ1) is 14.4. The fourth-order valence-electron chi connectivity index (χ4n) is 2.58. The van der Waals surface area contributed by atoms with Crippen LogP contribution in [0, 0.1) is 6.92 Å². The molecule has 0 aliphatic heterocycles. The fraction of sp³-hybridized carbons (Fsp3) is 0.250. The number of carbonyl (C=O) groups excluding carboxylic acids is 1. The smallest absolute Gasteiger partial charge is 0.277 e. The number of hydrogen-bond donors (Lipinski definition) is 1. The van der Waals surface area contributed by atoms with Gasteiger partial charge in [-0.2, -0.15) is 0 Å². The molecule has 3 aromatic rings. The molecule has 0 fully saturated rings. The molecule has 0 bridgehead atoms. The highest BCUT2D eigenvalue weighted by atomic mass is 35.5. The molecule has 0 spiro atoms. The number of anilines is 1. The van der Waals surface area contributed by atoms with E-state index in [0.717, 1.165) is 17.3 Å². The zero-order valence-corrected chi connectivity index (χ0v) is 18.4. The Labute approximate surface area is 182 Å². The van der Waals surface area contributed by atoms with Gasteiger partial charge in [0, 0.05) is 16.3 Å². The first kappa shape index (κ1) is 21.8. The van der Waals surface area contributed by atoms with Crippen LogP contribution in [0.4, 0.5) is 5.69 Å². The number of aromatic nitrogens is 2. The molecule has 1 amide bonds. The van der Waals surface area contributed by atoms with Crippen LogP contribution in [-0.4, -0.2) is 43.2 Å². The molecule has 8 nitrogen and oxygen atoms in total. The van der Waals surface area contributed by atoms with Crippen LogP contribution in [0.3, 0.4) is 0 Å². The Hall–Kier alpha value is -2.91. The van der Waals surface area contributed by atoms with Crippen molar-refractivity contribution in [1.82, 2.24) is 10.2 Å². The molecule has 0 atom stereocenters. The highest BCUT2D eigenvalue weighted by Crippen LogP contribution is 2.41. The topological polar surface area (TPSA) is 95.7 Å². The van der Waals surface area contributed by atoms with E-state index in [4.69, 9.17) is 30.2 Å². The van der Waals surface area contributed by atoms with E-state index in [9.17, 15) is 4.79 Å². The van der Waals surface area contributed by atoms with E-state index in [-0.39, 0.29) is 22.8 Å². The van der Waals surface area contributed by atoms with Crippen LogP contribution in [0.1, 0.15) is 5.56 Å². The lowest BCUT2D eigenvalue weighted by atomic mass is 10.2. The fourth-order valence-corrected chi connectivity index (χ4v) is 3.33. The second kappa shape index (κ2) is 9.73. The van der Waals surface area contributed by atoms with Crippen molar-refractivity contribution >= 4 is 35.0 Å². The summed E-state index contributed by atoms with van der Waals surface area (Å²) in [5.74, 6) is 1.55. The number of carbonyl (C=O) groups is 1. The number of nitrogens with zero attached hydrogens (tertiary/aromatic N) is 2. The summed E-state index contributed by atoms with van der Waals surface area (Å²) in [4.78, 5) is 12.2. The predicted molar refractivity (Wildman–Crippen MR) is 115 cm³/mol. The van der Waals surface area contributed by atoms with Gasteiger partial charge in [-0.1, -0.05) is 29.4 Å². The number of aryl methyl sites for hydroxylation is 1. The van der Waals surface area contributed by atoms with E-state index >= 15 is 0 Å². The third-order valence-electron chi connectivity index (χ3n) is 4.10. The summed E-state index contributed by atoms with van der Waals surface area (Å²) in [6.07, 6.45) is 0. The van der Waals surface area contributed by atoms with Crippen molar-refractivity contribution in [1.29, 1.82) is 0 Å². The zero-order chi connectivity index (χ0) is 21.7. The van der Waals surface area contributed by atoms with Crippen molar-refractivity contribution in [3.8, 4) is 28.7 Å². The predicted octanol–water partition coefficient (Wildman–Crippen LogP) is 4.46. The van der Waals surface area contributed by atoms with Gasteiger partial charge in [-0.25, -0.2) is 0 Å². The third-order valence-corrected chi connectivity index (χ3v) is 5.33. The van der Waals surface area contributed by atoms with Gasteiger partial charge >= 0.3 is 0 Å². The Morgan fingerprint density at radius 2 is 1.80 bits per heavy atom. The number of amides is 1. The summed E-state index contributed by atoms with van der Waals surface area (Å²) in [5, 5.41) is 11.7. The van der Waals surface area contributed by atoms with E-state index in [1.54, 1.807) is 24.3 Å². The van der Waals surface area contributed by atoms with Crippen LogP contribution in [0.2, 0.25) is 5.02 Å². The van der Waals surface area contributed by atoms with E-state index in [1.807, 2.05) is 13.0 Å². The first-order valence-electron chi connectivity index (χ1n) is 8.77. The molecule has 0 saturated heterocycles. The van der Waals surface area contributed by atoms with Gasteiger partial charge < -0.3 is 23.9 Å². The molecule has 0 saturated carbocycles. The van der Waals surface area contributed by atoms with Crippen molar-refractivity contribution < 1.29 is 23.4 Å². The largest absolute Gasteiger partial charge is 0.493 e. The molecular weight excluding hydrogens is 430 g/mol. The Bertz CT molecular complexity index is 1030. The number of halogens is 1. The monoisotopic (exact) mass is 449 g/mol. The average molecular weight is 450 g/mol. The molecule has 0 radical (unpaired) electrons. The summed E-state index contributed by atoms with van der Waals surface area (Å²) < 4.78 is 21.6. The van der Waals surface area contributed by atoms with Crippen molar-refractivity contribution in [3.05, 3.63) is 40.9 Å². The van der Waals surface area contributed by atoms with Crippen LogP contribution in [0.25, 0.3) is 11.5 Å². The van der Waals surface area contributed by atoms with Gasteiger partial charge in [-0.15, -0.1) is 10.2 Å². The van der Waals surface area contributed by atoms with Crippen LogP contribution in [0.5, 0.6) is 17.2 Å². The maximum absolute atomic E-state index is 12.2. The molecule has 10 heteroatoms. The second-order valence-corrected chi connectivity index (χ2v) is 7.42. The lowest BCUT2D eigenvalue weighted by Crippen LogP contribution is -2.14. The molecule has 1 N–H and O–H groups in total. The molecule has 0 aliphatic rings. The van der Waals surface area contributed by atoms with Gasteiger partial charge in [0.25, 0.3) is 5.22 Å². The molecule has 0 aliphatic carbocycles. The summed E-state index contributed by atoms with van der Waals surface area (Å²) in [6.45, 7) is 1.89. The van der Waals surface area contributed by atoms with E-state index in [1.165, 1.54) is 21.3 Å². The SMILES string of the molecule is COc1cc(-c2nnc(SCC(=O)Nc3ccc(C)c(Cl)c3)o2)cc(OC)c1OC. The van der Waals surface area contributed by atoms with Gasteiger partial charge in [-0.05, 0) is 36.8 Å². The number of methoxy groups -OCH3 is 3. The van der Waals surface area contributed by atoms with Gasteiger partial charge in [-0.3, -0.25) is 4.79 Å². The maximum Gasteiger partial charge on any atom is 0.277 e. The third kappa shape index (κ3) is 4.98. The minimum absolute atomic E-state index is 0.0996. The van der Waals surface area contributed by atoms with Crippen LogP contribution >= 0.6 is 23.4 Å².